The van der Waals surface area contributed by atoms with E-state index >= 15 is 0 Å². The summed E-state index contributed by atoms with van der Waals surface area (Å²) < 4.78 is 5.33. The summed E-state index contributed by atoms with van der Waals surface area (Å²) in [5, 5.41) is 5.94. The molecule has 0 aliphatic carbocycles. The molecule has 0 aliphatic rings. The number of anilines is 1. The van der Waals surface area contributed by atoms with Crippen molar-refractivity contribution >= 4 is 47.8 Å². The third-order valence-electron chi connectivity index (χ3n) is 5.35. The van der Waals surface area contributed by atoms with Crippen LogP contribution in [0.5, 0.6) is 0 Å². The first kappa shape index (κ1) is 29.5. The number of nitrogens with zero attached hydrogens (tertiary/aromatic N) is 1. The Kier molecular flexibility index (Phi) is 11.1. The third kappa shape index (κ3) is 8.45. The van der Waals surface area contributed by atoms with Gasteiger partial charge in [0.15, 0.2) is 0 Å². The minimum atomic E-state index is -0.985. The summed E-state index contributed by atoms with van der Waals surface area (Å²) in [5.41, 5.74) is 1.20. The minimum Gasteiger partial charge on any atom is -0.444 e. The maximum atomic E-state index is 13.8. The molecule has 9 heteroatoms. The lowest BCUT2D eigenvalue weighted by molar-refractivity contribution is -0.140. The van der Waals surface area contributed by atoms with E-state index in [9.17, 15) is 14.4 Å². The fraction of sp³-hybridized carbons (Fsp3) is 0.444. The monoisotopic (exact) mass is 533 g/mol. The summed E-state index contributed by atoms with van der Waals surface area (Å²) in [4.78, 5) is 41.5. The van der Waals surface area contributed by atoms with Crippen molar-refractivity contribution in [2.75, 3.05) is 17.6 Å². The number of rotatable bonds is 10. The molecule has 0 saturated carbocycles. The molecule has 2 rings (SSSR count). The first-order valence-corrected chi connectivity index (χ1v) is 13.0. The maximum Gasteiger partial charge on any atom is 0.408 e. The van der Waals surface area contributed by atoms with Crippen LogP contribution in [0.15, 0.2) is 48.5 Å². The van der Waals surface area contributed by atoms with Crippen molar-refractivity contribution in [1.82, 2.24) is 10.2 Å². The number of benzene rings is 2. The Morgan fingerprint density at radius 1 is 1.08 bits per heavy atom. The van der Waals surface area contributed by atoms with Gasteiger partial charge in [-0.25, -0.2) is 4.79 Å². The fourth-order valence-corrected chi connectivity index (χ4v) is 4.14. The fourth-order valence-electron chi connectivity index (χ4n) is 3.62. The van der Waals surface area contributed by atoms with Crippen LogP contribution in [0.4, 0.5) is 10.5 Å². The van der Waals surface area contributed by atoms with E-state index in [2.05, 4.69) is 23.3 Å². The Morgan fingerprint density at radius 3 is 2.31 bits per heavy atom. The Morgan fingerprint density at radius 2 is 1.75 bits per heavy atom. The molecule has 0 fully saturated rings. The second-order valence-corrected chi connectivity index (χ2v) is 10.3. The highest BCUT2D eigenvalue weighted by atomic mass is 35.5. The molecule has 0 spiro atoms. The van der Waals surface area contributed by atoms with Crippen molar-refractivity contribution in [3.05, 3.63) is 64.7 Å². The number of ether oxygens (including phenoxy) is 1. The Labute approximate surface area is 224 Å². The van der Waals surface area contributed by atoms with Crippen molar-refractivity contribution in [1.29, 1.82) is 0 Å². The van der Waals surface area contributed by atoms with E-state index in [1.807, 2.05) is 38.1 Å². The van der Waals surface area contributed by atoms with Gasteiger partial charge in [-0.05, 0) is 51.3 Å². The number of unbranched alkanes of at least 4 members (excludes halogenated alkanes) is 1. The molecule has 0 bridgehead atoms. The van der Waals surface area contributed by atoms with Gasteiger partial charge in [0.1, 0.15) is 17.7 Å². The number of alkyl carbamates (subject to hydrolysis) is 1. The molecular weight excluding hydrogens is 498 g/mol. The molecule has 36 heavy (non-hydrogen) atoms. The molecule has 2 unspecified atom stereocenters. The van der Waals surface area contributed by atoms with Crippen LogP contribution < -0.4 is 10.6 Å². The van der Waals surface area contributed by atoms with Crippen molar-refractivity contribution in [2.24, 2.45) is 0 Å². The number of para-hydroxylation sites is 1. The van der Waals surface area contributed by atoms with Crippen molar-refractivity contribution < 1.29 is 19.1 Å². The number of hydrogen-bond donors (Lipinski definition) is 3. The van der Waals surface area contributed by atoms with Crippen LogP contribution in [0.25, 0.3) is 0 Å². The normalized spacial score (nSPS) is 12.9. The van der Waals surface area contributed by atoms with Crippen LogP contribution in [-0.2, 0) is 14.3 Å². The van der Waals surface area contributed by atoms with Crippen LogP contribution in [0.1, 0.15) is 57.7 Å². The molecule has 7 nitrogen and oxygen atoms in total. The van der Waals surface area contributed by atoms with E-state index in [0.717, 1.165) is 12.0 Å². The molecule has 0 aromatic heterocycles. The molecule has 2 atom stereocenters. The Hall–Kier alpha value is -2.71. The number of aryl methyl sites for hydroxylation is 1. The molecule has 2 N–H and O–H groups in total. The summed E-state index contributed by atoms with van der Waals surface area (Å²) in [6.45, 7) is 9.38. The lowest BCUT2D eigenvalue weighted by Gasteiger charge is -2.34. The first-order chi connectivity index (χ1) is 17.0. The second kappa shape index (κ2) is 13.6. The van der Waals surface area contributed by atoms with E-state index in [-0.39, 0.29) is 5.75 Å². The van der Waals surface area contributed by atoms with Gasteiger partial charge in [-0.2, -0.15) is 12.6 Å². The highest BCUT2D eigenvalue weighted by Crippen LogP contribution is 2.29. The highest BCUT2D eigenvalue weighted by molar-refractivity contribution is 7.80. The maximum absolute atomic E-state index is 13.8. The van der Waals surface area contributed by atoms with Gasteiger partial charge in [0.25, 0.3) is 5.91 Å². The molecule has 0 saturated heterocycles. The zero-order valence-corrected chi connectivity index (χ0v) is 23.2. The summed E-state index contributed by atoms with van der Waals surface area (Å²) >= 11 is 10.7. The van der Waals surface area contributed by atoms with E-state index < -0.39 is 35.6 Å². The lowest BCUT2D eigenvalue weighted by atomic mass is 10.0. The van der Waals surface area contributed by atoms with E-state index in [0.29, 0.717) is 29.2 Å². The molecule has 0 aliphatic heterocycles. The molecule has 196 valence electrons. The molecule has 3 amide bonds. The van der Waals surface area contributed by atoms with Gasteiger partial charge >= 0.3 is 6.09 Å². The SMILES string of the molecule is CCCCN(C(=O)C(CS)NC(=O)OC(C)(C)C)C(C(=O)Nc1c(C)cccc1Cl)c1ccccc1. The van der Waals surface area contributed by atoms with Gasteiger partial charge in [0.05, 0.1) is 10.7 Å². The van der Waals surface area contributed by atoms with Crippen molar-refractivity contribution in [3.63, 3.8) is 0 Å². The molecular formula is C27H36ClN3O4S. The average molecular weight is 534 g/mol. The minimum absolute atomic E-state index is 0.0352. The van der Waals surface area contributed by atoms with Gasteiger partial charge in [0, 0.05) is 12.3 Å². The predicted molar refractivity (Wildman–Crippen MR) is 148 cm³/mol. The van der Waals surface area contributed by atoms with E-state index in [4.69, 9.17) is 16.3 Å². The summed E-state index contributed by atoms with van der Waals surface area (Å²) in [5.74, 6) is -0.797. The molecule has 0 heterocycles. The molecule has 2 aromatic rings. The number of amides is 3. The summed E-state index contributed by atoms with van der Waals surface area (Å²) in [6, 6.07) is 12.5. The summed E-state index contributed by atoms with van der Waals surface area (Å²) in [7, 11) is 0. The number of carbonyl (C=O) groups excluding carboxylic acids is 3. The summed E-state index contributed by atoms with van der Waals surface area (Å²) in [6.07, 6.45) is 0.749. The van der Waals surface area contributed by atoms with Crippen LogP contribution in [0.2, 0.25) is 5.02 Å². The number of halogens is 1. The van der Waals surface area contributed by atoms with Gasteiger partial charge < -0.3 is 20.3 Å². The number of nitrogens with one attached hydrogen (secondary N) is 2. The van der Waals surface area contributed by atoms with E-state index in [1.54, 1.807) is 45.0 Å². The number of carbonyl (C=O) groups is 3. The Balaban J connectivity index is 2.46. The van der Waals surface area contributed by atoms with Crippen LogP contribution in [-0.4, -0.2) is 46.7 Å². The quantitative estimate of drug-likeness (QED) is 0.338. The van der Waals surface area contributed by atoms with Crippen molar-refractivity contribution in [2.45, 2.75) is 65.1 Å². The Bertz CT molecular complexity index is 1020. The second-order valence-electron chi connectivity index (χ2n) is 9.50. The molecule has 2 aromatic carbocycles. The van der Waals surface area contributed by atoms with Gasteiger partial charge in [-0.15, -0.1) is 0 Å². The zero-order chi connectivity index (χ0) is 26.9. The van der Waals surface area contributed by atoms with Gasteiger partial charge in [-0.3, -0.25) is 9.59 Å². The van der Waals surface area contributed by atoms with Gasteiger partial charge in [-0.1, -0.05) is 67.4 Å². The van der Waals surface area contributed by atoms with E-state index in [1.165, 1.54) is 4.90 Å². The highest BCUT2D eigenvalue weighted by Gasteiger charge is 2.36. The number of hydrogen-bond acceptors (Lipinski definition) is 5. The van der Waals surface area contributed by atoms with Gasteiger partial charge in [0.2, 0.25) is 5.91 Å². The smallest absolute Gasteiger partial charge is 0.408 e. The molecule has 0 radical (unpaired) electrons. The average Bonchev–Trinajstić information content (AvgIpc) is 2.81. The first-order valence-electron chi connectivity index (χ1n) is 12.0. The zero-order valence-electron chi connectivity index (χ0n) is 21.5. The third-order valence-corrected chi connectivity index (χ3v) is 6.03. The largest absolute Gasteiger partial charge is 0.444 e. The van der Waals surface area contributed by atoms with Crippen LogP contribution in [0, 0.1) is 6.92 Å². The lowest BCUT2D eigenvalue weighted by Crippen LogP contribution is -2.53. The topological polar surface area (TPSA) is 87.7 Å². The van der Waals surface area contributed by atoms with Crippen molar-refractivity contribution in [3.8, 4) is 0 Å². The van der Waals surface area contributed by atoms with Crippen LogP contribution >= 0.6 is 24.2 Å². The number of thiol groups is 1. The van der Waals surface area contributed by atoms with Crippen LogP contribution in [0.3, 0.4) is 0 Å². The predicted octanol–water partition coefficient (Wildman–Crippen LogP) is 5.78. The standard InChI is InChI=1S/C27H36ClN3O4S/c1-6-7-16-31(25(33)21(17-36)29-26(34)35-27(3,4)5)23(19-13-9-8-10-14-19)24(32)30-22-18(2)12-11-15-20(22)28/h8-15,21,23,36H,6-7,16-17H2,1-5H3,(H,29,34)(H,30,32).